The SMILES string of the molecule is CN(CCCOC(F)(F)F)c1cnn(C23CC(NC(=O)[C@H]4C[C@@H](O)c5cc(Cl)ccc5O4)(C2)C3)c1. The smallest absolute Gasteiger partial charge is 0.480 e. The Labute approximate surface area is 204 Å². The van der Waals surface area contributed by atoms with E-state index in [1.165, 1.54) is 0 Å². The number of aliphatic hydroxyl groups excluding tert-OH is 1. The number of carbonyl (C=O) groups is 1. The molecule has 1 aromatic carbocycles. The summed E-state index contributed by atoms with van der Waals surface area (Å²) >= 11 is 5.99. The summed E-state index contributed by atoms with van der Waals surface area (Å²) in [5.74, 6) is 0.209. The lowest BCUT2D eigenvalue weighted by Crippen LogP contribution is -2.79. The van der Waals surface area contributed by atoms with E-state index in [1.54, 1.807) is 31.4 Å². The second-order valence-electron chi connectivity index (χ2n) is 9.78. The molecule has 0 unspecified atom stereocenters. The number of alkyl halides is 3. The number of hydrogen-bond donors (Lipinski definition) is 2. The first-order valence-corrected chi connectivity index (χ1v) is 11.8. The van der Waals surface area contributed by atoms with Gasteiger partial charge in [0, 0.05) is 42.3 Å². The Morgan fingerprint density at radius 1 is 1.40 bits per heavy atom. The maximum absolute atomic E-state index is 12.9. The Balaban J connectivity index is 1.12. The van der Waals surface area contributed by atoms with Crippen LogP contribution in [0.1, 0.15) is 43.8 Å². The summed E-state index contributed by atoms with van der Waals surface area (Å²) in [7, 11) is 1.80. The predicted molar refractivity (Wildman–Crippen MR) is 120 cm³/mol. The number of anilines is 1. The number of aromatic nitrogens is 2. The van der Waals surface area contributed by atoms with Crippen LogP contribution in [-0.2, 0) is 15.1 Å². The van der Waals surface area contributed by atoms with Crippen molar-refractivity contribution in [1.82, 2.24) is 15.1 Å². The fourth-order valence-electron chi connectivity index (χ4n) is 5.42. The molecule has 12 heteroatoms. The van der Waals surface area contributed by atoms with E-state index in [-0.39, 0.29) is 29.8 Å². The zero-order valence-corrected chi connectivity index (χ0v) is 19.8. The minimum atomic E-state index is -4.61. The molecule has 1 amide bonds. The van der Waals surface area contributed by atoms with Gasteiger partial charge in [-0.3, -0.25) is 14.2 Å². The largest absolute Gasteiger partial charge is 0.522 e. The number of aliphatic hydroxyl groups is 1. The number of nitrogens with one attached hydrogen (secondary N) is 1. The normalized spacial score (nSPS) is 28.9. The maximum atomic E-state index is 12.9. The first kappa shape index (κ1) is 24.2. The van der Waals surface area contributed by atoms with Gasteiger partial charge in [0.2, 0.25) is 0 Å². The third-order valence-electron chi connectivity index (χ3n) is 7.12. The molecule has 0 saturated heterocycles. The lowest BCUT2D eigenvalue weighted by atomic mass is 9.44. The first-order valence-electron chi connectivity index (χ1n) is 11.4. The molecule has 0 radical (unpaired) electrons. The summed E-state index contributed by atoms with van der Waals surface area (Å²) < 4.78 is 47.8. The van der Waals surface area contributed by atoms with E-state index in [2.05, 4.69) is 15.2 Å². The summed E-state index contributed by atoms with van der Waals surface area (Å²) in [6, 6.07) is 4.96. The van der Waals surface area contributed by atoms with Crippen LogP contribution in [0.4, 0.5) is 18.9 Å². The Morgan fingerprint density at radius 2 is 2.14 bits per heavy atom. The first-order chi connectivity index (χ1) is 16.5. The highest BCUT2D eigenvalue weighted by atomic mass is 35.5. The van der Waals surface area contributed by atoms with E-state index in [4.69, 9.17) is 16.3 Å². The van der Waals surface area contributed by atoms with Crippen LogP contribution < -0.4 is 15.0 Å². The molecule has 3 fully saturated rings. The van der Waals surface area contributed by atoms with Gasteiger partial charge in [-0.1, -0.05) is 11.6 Å². The Bertz CT molecular complexity index is 1100. The van der Waals surface area contributed by atoms with Gasteiger partial charge in [0.1, 0.15) is 5.75 Å². The van der Waals surface area contributed by atoms with Crippen molar-refractivity contribution in [3.8, 4) is 5.75 Å². The van der Waals surface area contributed by atoms with Crippen molar-refractivity contribution < 1.29 is 32.5 Å². The Hall–Kier alpha value is -2.50. The summed E-state index contributed by atoms with van der Waals surface area (Å²) in [4.78, 5) is 14.7. The molecule has 6 rings (SSSR count). The van der Waals surface area contributed by atoms with Crippen molar-refractivity contribution in [2.45, 2.75) is 61.8 Å². The van der Waals surface area contributed by atoms with Gasteiger partial charge in [-0.05, 0) is 43.9 Å². The van der Waals surface area contributed by atoms with Crippen LogP contribution in [0.25, 0.3) is 0 Å². The zero-order valence-electron chi connectivity index (χ0n) is 19.0. The molecule has 2 bridgehead atoms. The van der Waals surface area contributed by atoms with Crippen LogP contribution in [0.15, 0.2) is 30.6 Å². The molecule has 2 atom stereocenters. The average Bonchev–Trinajstić information content (AvgIpc) is 3.22. The van der Waals surface area contributed by atoms with Gasteiger partial charge >= 0.3 is 6.36 Å². The highest BCUT2D eigenvalue weighted by molar-refractivity contribution is 6.30. The number of amides is 1. The number of nitrogens with zero attached hydrogens (tertiary/aromatic N) is 3. The second kappa shape index (κ2) is 8.56. The van der Waals surface area contributed by atoms with Gasteiger partial charge in [-0.15, -0.1) is 13.2 Å². The third kappa shape index (κ3) is 4.68. The molecule has 35 heavy (non-hydrogen) atoms. The summed E-state index contributed by atoms with van der Waals surface area (Å²) in [5, 5.41) is 18.5. The molecule has 190 valence electrons. The van der Waals surface area contributed by atoms with Crippen LogP contribution in [-0.4, -0.2) is 59.0 Å². The number of ether oxygens (including phenoxy) is 2. The van der Waals surface area contributed by atoms with Crippen LogP contribution in [0.5, 0.6) is 5.75 Å². The number of fused-ring (bicyclic) bond motifs is 1. The van der Waals surface area contributed by atoms with Crippen molar-refractivity contribution in [2.24, 2.45) is 0 Å². The topological polar surface area (TPSA) is 88.9 Å². The molecule has 4 aliphatic rings. The molecule has 1 aromatic heterocycles. The summed E-state index contributed by atoms with van der Waals surface area (Å²) in [6.07, 6.45) is -0.0510. The summed E-state index contributed by atoms with van der Waals surface area (Å²) in [5.41, 5.74) is 0.919. The van der Waals surface area contributed by atoms with Crippen LogP contribution in [0.3, 0.4) is 0 Å². The van der Waals surface area contributed by atoms with Crippen LogP contribution in [0.2, 0.25) is 5.02 Å². The fourth-order valence-corrected chi connectivity index (χ4v) is 5.60. The van der Waals surface area contributed by atoms with Gasteiger partial charge in [0.15, 0.2) is 6.10 Å². The van der Waals surface area contributed by atoms with Crippen LogP contribution in [0, 0.1) is 0 Å². The van der Waals surface area contributed by atoms with Crippen molar-refractivity contribution >= 4 is 23.2 Å². The quantitative estimate of drug-likeness (QED) is 0.524. The molecule has 3 saturated carbocycles. The van der Waals surface area contributed by atoms with Crippen LogP contribution >= 0.6 is 11.6 Å². The minimum absolute atomic E-state index is 0.156. The molecule has 2 heterocycles. The van der Waals surface area contributed by atoms with E-state index < -0.39 is 25.2 Å². The van der Waals surface area contributed by atoms with Crippen molar-refractivity contribution in [2.75, 3.05) is 25.1 Å². The molecule has 8 nitrogen and oxygen atoms in total. The van der Waals surface area contributed by atoms with Crippen molar-refractivity contribution in [1.29, 1.82) is 0 Å². The molecule has 0 spiro atoms. The maximum Gasteiger partial charge on any atom is 0.522 e. The van der Waals surface area contributed by atoms with E-state index in [0.717, 1.165) is 24.9 Å². The van der Waals surface area contributed by atoms with Gasteiger partial charge in [0.25, 0.3) is 5.91 Å². The molecule has 3 aliphatic carbocycles. The highest BCUT2D eigenvalue weighted by Gasteiger charge is 2.70. The standard InChI is InChI=1S/C23H26ClF3N4O4/c1-30(5-2-6-34-23(25,26)27)15-9-28-31(10-15)22-11-21(12-22,13-22)29-20(33)19-8-17(32)16-7-14(24)3-4-18(16)35-19/h3-4,7,9-10,17,19,32H,2,5-6,8,11-13H2,1H3,(H,29,33)/t17-,19-,21?,22?/m1/s1. The van der Waals surface area contributed by atoms with Gasteiger partial charge < -0.3 is 20.1 Å². The van der Waals surface area contributed by atoms with Gasteiger partial charge in [0.05, 0.1) is 30.1 Å². The van der Waals surface area contributed by atoms with E-state index in [9.17, 15) is 23.1 Å². The minimum Gasteiger partial charge on any atom is -0.480 e. The number of carbonyl (C=O) groups excluding carboxylic acids is 1. The Morgan fingerprint density at radius 3 is 2.86 bits per heavy atom. The average molecular weight is 515 g/mol. The number of benzene rings is 1. The van der Waals surface area contributed by atoms with E-state index in [0.29, 0.717) is 22.9 Å². The molecular formula is C23H26ClF3N4O4. The highest BCUT2D eigenvalue weighted by Crippen LogP contribution is 2.65. The monoisotopic (exact) mass is 514 g/mol. The fraction of sp³-hybridized carbons (Fsp3) is 0.565. The Kier molecular flexibility index (Phi) is 5.92. The molecule has 2 N–H and O–H groups in total. The molecule has 1 aliphatic heterocycles. The number of hydrogen-bond acceptors (Lipinski definition) is 6. The predicted octanol–water partition coefficient (Wildman–Crippen LogP) is 3.53. The summed E-state index contributed by atoms with van der Waals surface area (Å²) in [6.45, 7) is 0.00649. The third-order valence-corrected chi connectivity index (χ3v) is 7.35. The lowest BCUT2D eigenvalue weighted by molar-refractivity contribution is -0.324. The van der Waals surface area contributed by atoms with Crippen molar-refractivity contribution in [3.63, 3.8) is 0 Å². The van der Waals surface area contributed by atoms with Gasteiger partial charge in [-0.2, -0.15) is 5.10 Å². The zero-order chi connectivity index (χ0) is 25.0. The van der Waals surface area contributed by atoms with E-state index >= 15 is 0 Å². The number of halogens is 4. The molecule has 2 aromatic rings. The number of rotatable bonds is 8. The lowest BCUT2D eigenvalue weighted by Gasteiger charge is -2.70. The van der Waals surface area contributed by atoms with Gasteiger partial charge in [-0.25, -0.2) is 0 Å². The van der Waals surface area contributed by atoms with E-state index in [1.807, 2.05) is 15.8 Å². The molecular weight excluding hydrogens is 489 g/mol. The van der Waals surface area contributed by atoms with Crippen molar-refractivity contribution in [3.05, 3.63) is 41.2 Å². The second-order valence-corrected chi connectivity index (χ2v) is 10.2.